The monoisotopic (exact) mass is 215 g/mol. The molecule has 1 aliphatic heterocycles. The van der Waals surface area contributed by atoms with Crippen molar-refractivity contribution < 1.29 is 14.3 Å². The molecule has 6 heteroatoms. The molecule has 0 amide bonds. The Bertz CT molecular complexity index is 176. The van der Waals surface area contributed by atoms with Crippen molar-refractivity contribution in [1.29, 1.82) is 0 Å². The zero-order chi connectivity index (χ0) is 11.2. The smallest absolute Gasteiger partial charge is 0.293 e. The van der Waals surface area contributed by atoms with Crippen LogP contribution in [-0.2, 0) is 14.3 Å². The number of nitrogens with zero attached hydrogens (tertiary/aromatic N) is 2. The molecule has 0 atom stereocenters. The molecule has 15 heavy (non-hydrogen) atoms. The molecule has 1 aromatic heterocycles. The summed E-state index contributed by atoms with van der Waals surface area (Å²) in [6.07, 6.45) is 5.51. The van der Waals surface area contributed by atoms with E-state index in [0.29, 0.717) is 13.1 Å². The molecule has 0 spiro atoms. The standard InChI is InChI=1S/C4H8O.C3H6O2.C2H3N3/c1-2-4-5-3-1;1-2-5-3-4;1-3-2-5-4-1/h1-4H2;3H,2H2,1H3;1-2H,(H,3,4,5). The highest BCUT2D eigenvalue weighted by molar-refractivity contribution is 5.36. The lowest BCUT2D eigenvalue weighted by Crippen LogP contribution is -1.80. The van der Waals surface area contributed by atoms with Gasteiger partial charge in [0, 0.05) is 13.2 Å². The first-order valence-electron chi connectivity index (χ1n) is 4.83. The summed E-state index contributed by atoms with van der Waals surface area (Å²) >= 11 is 0. The molecule has 1 aromatic rings. The van der Waals surface area contributed by atoms with Crippen molar-refractivity contribution in [3.63, 3.8) is 0 Å². The van der Waals surface area contributed by atoms with Crippen molar-refractivity contribution in [3.05, 3.63) is 12.7 Å². The second-order valence-electron chi connectivity index (χ2n) is 2.52. The first-order chi connectivity index (χ1) is 7.41. The highest BCUT2D eigenvalue weighted by Gasteiger charge is 1.94. The molecule has 86 valence electrons. The van der Waals surface area contributed by atoms with Gasteiger partial charge in [0.25, 0.3) is 6.47 Å². The average Bonchev–Trinajstić information content (AvgIpc) is 2.99. The molecule has 0 radical (unpaired) electrons. The van der Waals surface area contributed by atoms with Gasteiger partial charge in [0.05, 0.1) is 6.61 Å². The van der Waals surface area contributed by atoms with E-state index in [-0.39, 0.29) is 0 Å². The number of carbonyl (C=O) groups excluding carboxylic acids is 1. The van der Waals surface area contributed by atoms with E-state index in [9.17, 15) is 4.79 Å². The van der Waals surface area contributed by atoms with E-state index in [4.69, 9.17) is 4.74 Å². The van der Waals surface area contributed by atoms with Crippen LogP contribution >= 0.6 is 0 Å². The Balaban J connectivity index is 0.000000196. The van der Waals surface area contributed by atoms with Crippen LogP contribution in [0.15, 0.2) is 12.7 Å². The van der Waals surface area contributed by atoms with Crippen LogP contribution < -0.4 is 0 Å². The largest absolute Gasteiger partial charge is 0.468 e. The lowest BCUT2D eigenvalue weighted by molar-refractivity contribution is -0.128. The lowest BCUT2D eigenvalue weighted by atomic mass is 10.4. The fourth-order valence-electron chi connectivity index (χ4n) is 0.745. The Hall–Kier alpha value is -1.43. The fourth-order valence-corrected chi connectivity index (χ4v) is 0.745. The van der Waals surface area contributed by atoms with E-state index < -0.39 is 0 Å². The number of hydrogen-bond acceptors (Lipinski definition) is 5. The van der Waals surface area contributed by atoms with Gasteiger partial charge in [0.15, 0.2) is 0 Å². The summed E-state index contributed by atoms with van der Waals surface area (Å²) in [5.41, 5.74) is 0. The van der Waals surface area contributed by atoms with Gasteiger partial charge in [0.1, 0.15) is 12.7 Å². The zero-order valence-corrected chi connectivity index (χ0v) is 8.89. The van der Waals surface area contributed by atoms with Crippen LogP contribution in [-0.4, -0.2) is 41.5 Å². The number of aromatic amines is 1. The number of ether oxygens (including phenoxy) is 2. The molecule has 0 bridgehead atoms. The van der Waals surface area contributed by atoms with Crippen LogP contribution in [0.5, 0.6) is 0 Å². The van der Waals surface area contributed by atoms with Crippen LogP contribution in [0.25, 0.3) is 0 Å². The normalized spacial score (nSPS) is 12.9. The van der Waals surface area contributed by atoms with Gasteiger partial charge in [-0.2, -0.15) is 5.10 Å². The Kier molecular flexibility index (Phi) is 11.4. The van der Waals surface area contributed by atoms with Crippen LogP contribution in [0.2, 0.25) is 0 Å². The van der Waals surface area contributed by atoms with E-state index in [0.717, 1.165) is 13.2 Å². The molecule has 0 saturated carbocycles. The zero-order valence-electron chi connectivity index (χ0n) is 8.89. The van der Waals surface area contributed by atoms with Crippen molar-refractivity contribution in [2.75, 3.05) is 19.8 Å². The second-order valence-corrected chi connectivity index (χ2v) is 2.52. The minimum Gasteiger partial charge on any atom is -0.468 e. The maximum atomic E-state index is 9.18. The highest BCUT2D eigenvalue weighted by Crippen LogP contribution is 1.98. The molecule has 6 nitrogen and oxygen atoms in total. The SMILES string of the molecule is C1CCOC1.CCOC=O.c1nc[nH]n1. The quantitative estimate of drug-likeness (QED) is 0.738. The third-order valence-corrected chi connectivity index (χ3v) is 1.39. The maximum absolute atomic E-state index is 9.18. The van der Waals surface area contributed by atoms with Gasteiger partial charge in [-0.3, -0.25) is 9.89 Å². The molecule has 0 unspecified atom stereocenters. The van der Waals surface area contributed by atoms with Gasteiger partial charge in [-0.1, -0.05) is 0 Å². The summed E-state index contributed by atoms with van der Waals surface area (Å²) in [7, 11) is 0. The van der Waals surface area contributed by atoms with Crippen LogP contribution in [0.3, 0.4) is 0 Å². The van der Waals surface area contributed by atoms with Gasteiger partial charge >= 0.3 is 0 Å². The molecule has 2 rings (SSSR count). The van der Waals surface area contributed by atoms with Crippen LogP contribution in [0, 0.1) is 0 Å². The lowest BCUT2D eigenvalue weighted by Gasteiger charge is -1.79. The average molecular weight is 215 g/mol. The van der Waals surface area contributed by atoms with Crippen molar-refractivity contribution >= 4 is 6.47 Å². The molecular formula is C9H17N3O3. The number of rotatable bonds is 2. The molecule has 0 aliphatic carbocycles. The van der Waals surface area contributed by atoms with Crippen molar-refractivity contribution in [2.45, 2.75) is 19.8 Å². The molecule has 1 saturated heterocycles. The maximum Gasteiger partial charge on any atom is 0.293 e. The summed E-state index contributed by atoms with van der Waals surface area (Å²) in [5, 5.41) is 5.99. The predicted octanol–water partition coefficient (Wildman–Crippen LogP) is 0.781. The number of H-pyrrole nitrogens is 1. The third-order valence-electron chi connectivity index (χ3n) is 1.39. The Morgan fingerprint density at radius 3 is 2.40 bits per heavy atom. The summed E-state index contributed by atoms with van der Waals surface area (Å²) in [6, 6.07) is 0. The third kappa shape index (κ3) is 12.6. The van der Waals surface area contributed by atoms with Gasteiger partial charge in [-0.25, -0.2) is 4.98 Å². The molecule has 1 fully saturated rings. The van der Waals surface area contributed by atoms with Crippen molar-refractivity contribution in [2.24, 2.45) is 0 Å². The predicted molar refractivity (Wildman–Crippen MR) is 54.1 cm³/mol. The number of aromatic nitrogens is 3. The number of carbonyl (C=O) groups is 1. The second kappa shape index (κ2) is 12.6. The first kappa shape index (κ1) is 13.6. The minimum atomic E-state index is 0.431. The summed E-state index contributed by atoms with van der Waals surface area (Å²) in [6.45, 7) is 4.66. The van der Waals surface area contributed by atoms with Gasteiger partial charge in [-0.05, 0) is 19.8 Å². The molecule has 2 heterocycles. The molecule has 1 aliphatic rings. The van der Waals surface area contributed by atoms with Gasteiger partial charge in [0.2, 0.25) is 0 Å². The summed E-state index contributed by atoms with van der Waals surface area (Å²) in [5.74, 6) is 0. The Morgan fingerprint density at radius 2 is 2.27 bits per heavy atom. The Labute approximate surface area is 89.0 Å². The number of hydrogen-bond donors (Lipinski definition) is 1. The topological polar surface area (TPSA) is 77.1 Å². The first-order valence-corrected chi connectivity index (χ1v) is 4.83. The van der Waals surface area contributed by atoms with Gasteiger partial charge in [-0.15, -0.1) is 0 Å². The van der Waals surface area contributed by atoms with Gasteiger partial charge < -0.3 is 9.47 Å². The van der Waals surface area contributed by atoms with E-state index in [1.807, 2.05) is 0 Å². The molecular weight excluding hydrogens is 198 g/mol. The van der Waals surface area contributed by atoms with E-state index >= 15 is 0 Å². The Morgan fingerprint density at radius 1 is 1.53 bits per heavy atom. The molecule has 0 aromatic carbocycles. The van der Waals surface area contributed by atoms with E-state index in [1.54, 1.807) is 6.92 Å². The number of nitrogens with one attached hydrogen (secondary N) is 1. The highest BCUT2D eigenvalue weighted by atomic mass is 16.5. The van der Waals surface area contributed by atoms with Crippen LogP contribution in [0.1, 0.15) is 19.8 Å². The fraction of sp³-hybridized carbons (Fsp3) is 0.667. The van der Waals surface area contributed by atoms with E-state index in [2.05, 4.69) is 19.9 Å². The minimum absolute atomic E-state index is 0.431. The molecule has 1 N–H and O–H groups in total. The summed E-state index contributed by atoms with van der Waals surface area (Å²) in [4.78, 5) is 12.7. The van der Waals surface area contributed by atoms with Crippen molar-refractivity contribution in [3.8, 4) is 0 Å². The van der Waals surface area contributed by atoms with E-state index in [1.165, 1.54) is 25.5 Å². The summed E-state index contributed by atoms with van der Waals surface area (Å²) < 4.78 is 9.10. The van der Waals surface area contributed by atoms with Crippen LogP contribution in [0.4, 0.5) is 0 Å². The van der Waals surface area contributed by atoms with Crippen molar-refractivity contribution in [1.82, 2.24) is 15.2 Å².